The molecule has 0 aromatic carbocycles. The maximum atomic E-state index is 11.5. The van der Waals surface area contributed by atoms with Gasteiger partial charge in [0.25, 0.3) is 0 Å². The Morgan fingerprint density at radius 2 is 2.19 bits per heavy atom. The SMILES string of the molecule is CCSC1CCCCN(c2c([N+](=O)[O-])c(CC)nn2C)C1. The minimum absolute atomic E-state index is 0.196. The summed E-state index contributed by atoms with van der Waals surface area (Å²) in [5.74, 6) is 1.77. The third-order valence-electron chi connectivity index (χ3n) is 3.91. The van der Waals surface area contributed by atoms with Crippen LogP contribution in [0.4, 0.5) is 11.5 Å². The molecule has 1 unspecified atom stereocenters. The van der Waals surface area contributed by atoms with E-state index in [1.54, 1.807) is 4.68 Å². The van der Waals surface area contributed by atoms with Gasteiger partial charge in [0.05, 0.1) is 4.92 Å². The van der Waals surface area contributed by atoms with E-state index in [9.17, 15) is 10.1 Å². The molecule has 7 heteroatoms. The van der Waals surface area contributed by atoms with Gasteiger partial charge in [0.2, 0.25) is 5.82 Å². The first-order valence-electron chi connectivity index (χ1n) is 7.65. The molecule has 1 aromatic heterocycles. The van der Waals surface area contributed by atoms with Crippen LogP contribution < -0.4 is 4.90 Å². The normalized spacial score (nSPS) is 19.6. The molecule has 1 atom stereocenters. The van der Waals surface area contributed by atoms with Crippen molar-refractivity contribution in [3.63, 3.8) is 0 Å². The molecule has 1 fully saturated rings. The molecule has 0 saturated carbocycles. The summed E-state index contributed by atoms with van der Waals surface area (Å²) >= 11 is 1.96. The Labute approximate surface area is 130 Å². The summed E-state index contributed by atoms with van der Waals surface area (Å²) in [6.07, 6.45) is 4.07. The van der Waals surface area contributed by atoms with Gasteiger partial charge >= 0.3 is 5.69 Å². The Balaban J connectivity index is 2.34. The average Bonchev–Trinajstić information content (AvgIpc) is 2.62. The van der Waals surface area contributed by atoms with Crippen molar-refractivity contribution in [3.8, 4) is 0 Å². The van der Waals surface area contributed by atoms with Crippen molar-refractivity contribution in [1.29, 1.82) is 0 Å². The summed E-state index contributed by atoms with van der Waals surface area (Å²) in [6.45, 7) is 5.84. The number of thioether (sulfide) groups is 1. The van der Waals surface area contributed by atoms with Crippen LogP contribution >= 0.6 is 11.8 Å². The zero-order chi connectivity index (χ0) is 15.4. The van der Waals surface area contributed by atoms with Gasteiger partial charge in [0.15, 0.2) is 0 Å². The number of nitrogens with zero attached hydrogens (tertiary/aromatic N) is 4. The van der Waals surface area contributed by atoms with Crippen LogP contribution in [-0.4, -0.2) is 38.8 Å². The Morgan fingerprint density at radius 1 is 1.43 bits per heavy atom. The fourth-order valence-electron chi connectivity index (χ4n) is 3.00. The summed E-state index contributed by atoms with van der Waals surface area (Å²) < 4.78 is 1.69. The number of hydrogen-bond acceptors (Lipinski definition) is 5. The van der Waals surface area contributed by atoms with Crippen LogP contribution in [-0.2, 0) is 13.5 Å². The monoisotopic (exact) mass is 312 g/mol. The number of nitro groups is 1. The largest absolute Gasteiger partial charge is 0.350 e. The maximum absolute atomic E-state index is 11.5. The van der Waals surface area contributed by atoms with E-state index in [-0.39, 0.29) is 10.6 Å². The van der Waals surface area contributed by atoms with Crippen molar-refractivity contribution in [3.05, 3.63) is 15.8 Å². The molecule has 0 N–H and O–H groups in total. The molecule has 0 aliphatic carbocycles. The molecule has 21 heavy (non-hydrogen) atoms. The van der Waals surface area contributed by atoms with Gasteiger partial charge in [-0.2, -0.15) is 16.9 Å². The number of hydrogen-bond donors (Lipinski definition) is 0. The average molecular weight is 312 g/mol. The molecular weight excluding hydrogens is 288 g/mol. The van der Waals surface area contributed by atoms with E-state index in [1.165, 1.54) is 12.8 Å². The number of aromatic nitrogens is 2. The fourth-order valence-corrected chi connectivity index (χ4v) is 4.09. The van der Waals surface area contributed by atoms with E-state index in [0.29, 0.717) is 23.2 Å². The molecule has 0 bridgehead atoms. The summed E-state index contributed by atoms with van der Waals surface area (Å²) in [6, 6.07) is 0. The third-order valence-corrected chi connectivity index (χ3v) is 5.10. The lowest BCUT2D eigenvalue weighted by Crippen LogP contribution is -2.31. The van der Waals surface area contributed by atoms with Crippen LogP contribution in [0.25, 0.3) is 0 Å². The van der Waals surface area contributed by atoms with Crippen molar-refractivity contribution in [1.82, 2.24) is 9.78 Å². The van der Waals surface area contributed by atoms with Gasteiger partial charge < -0.3 is 4.90 Å². The van der Waals surface area contributed by atoms with E-state index in [4.69, 9.17) is 0 Å². The van der Waals surface area contributed by atoms with Crippen LogP contribution in [0.2, 0.25) is 0 Å². The molecule has 0 amide bonds. The summed E-state index contributed by atoms with van der Waals surface area (Å²) in [5, 5.41) is 16.4. The summed E-state index contributed by atoms with van der Waals surface area (Å²) in [7, 11) is 1.81. The Bertz CT molecular complexity index is 503. The molecule has 2 heterocycles. The standard InChI is InChI=1S/C14H24N4O2S/c1-4-12-13(18(19)20)14(16(3)15-12)17-9-7-6-8-11(10-17)21-5-2/h11H,4-10H2,1-3H3. The van der Waals surface area contributed by atoms with E-state index in [0.717, 1.165) is 25.3 Å². The molecule has 6 nitrogen and oxygen atoms in total. The Kier molecular flexibility index (Phi) is 5.50. The van der Waals surface area contributed by atoms with Gasteiger partial charge in [0, 0.05) is 25.4 Å². The third kappa shape index (κ3) is 3.51. The van der Waals surface area contributed by atoms with Crippen molar-refractivity contribution in [2.75, 3.05) is 23.7 Å². The van der Waals surface area contributed by atoms with Gasteiger partial charge in [-0.15, -0.1) is 0 Å². The zero-order valence-corrected chi connectivity index (χ0v) is 13.9. The van der Waals surface area contributed by atoms with Crippen LogP contribution in [0.3, 0.4) is 0 Å². The second-order valence-electron chi connectivity index (χ2n) is 5.37. The van der Waals surface area contributed by atoms with Gasteiger partial charge in [-0.05, 0) is 25.0 Å². The first-order valence-corrected chi connectivity index (χ1v) is 8.70. The van der Waals surface area contributed by atoms with Gasteiger partial charge in [-0.1, -0.05) is 20.3 Å². The van der Waals surface area contributed by atoms with E-state index < -0.39 is 0 Å². The topological polar surface area (TPSA) is 64.2 Å². The highest BCUT2D eigenvalue weighted by Crippen LogP contribution is 2.34. The lowest BCUT2D eigenvalue weighted by molar-refractivity contribution is -0.384. The Morgan fingerprint density at radius 3 is 2.81 bits per heavy atom. The second kappa shape index (κ2) is 7.15. The first-order chi connectivity index (χ1) is 10.1. The minimum atomic E-state index is -0.270. The molecular formula is C14H24N4O2S. The predicted octanol–water partition coefficient (Wildman–Crippen LogP) is 3.00. The fraction of sp³-hybridized carbons (Fsp3) is 0.786. The minimum Gasteiger partial charge on any atom is -0.350 e. The molecule has 0 radical (unpaired) electrons. The number of rotatable bonds is 5. The molecule has 1 aromatic rings. The number of aryl methyl sites for hydroxylation is 2. The summed E-state index contributed by atoms with van der Waals surface area (Å²) in [5.41, 5.74) is 0.781. The van der Waals surface area contributed by atoms with Crippen molar-refractivity contribution < 1.29 is 4.92 Å². The maximum Gasteiger partial charge on any atom is 0.334 e. The lowest BCUT2D eigenvalue weighted by atomic mass is 10.2. The highest BCUT2D eigenvalue weighted by atomic mass is 32.2. The predicted molar refractivity (Wildman–Crippen MR) is 87.2 cm³/mol. The molecule has 2 rings (SSSR count). The van der Waals surface area contributed by atoms with Crippen LogP contribution in [0, 0.1) is 10.1 Å². The first kappa shape index (κ1) is 16.1. The zero-order valence-electron chi connectivity index (χ0n) is 13.0. The quantitative estimate of drug-likeness (QED) is 0.618. The second-order valence-corrected chi connectivity index (χ2v) is 6.95. The van der Waals surface area contributed by atoms with Crippen molar-refractivity contribution in [2.24, 2.45) is 7.05 Å². The van der Waals surface area contributed by atoms with Gasteiger partial charge in [-0.3, -0.25) is 10.1 Å². The van der Waals surface area contributed by atoms with Gasteiger partial charge in [0.1, 0.15) is 5.69 Å². The van der Waals surface area contributed by atoms with E-state index >= 15 is 0 Å². The van der Waals surface area contributed by atoms with E-state index in [1.807, 2.05) is 25.7 Å². The molecule has 1 aliphatic heterocycles. The van der Waals surface area contributed by atoms with Crippen molar-refractivity contribution in [2.45, 2.75) is 44.8 Å². The van der Waals surface area contributed by atoms with E-state index in [2.05, 4.69) is 16.9 Å². The lowest BCUT2D eigenvalue weighted by Gasteiger charge is -2.25. The van der Waals surface area contributed by atoms with Crippen LogP contribution in [0.5, 0.6) is 0 Å². The Hall–Kier alpha value is -1.24. The smallest absolute Gasteiger partial charge is 0.334 e. The van der Waals surface area contributed by atoms with Crippen molar-refractivity contribution >= 4 is 23.3 Å². The molecule has 1 saturated heterocycles. The highest BCUT2D eigenvalue weighted by molar-refractivity contribution is 7.99. The van der Waals surface area contributed by atoms with Crippen LogP contribution in [0.1, 0.15) is 38.8 Å². The van der Waals surface area contributed by atoms with Gasteiger partial charge in [-0.25, -0.2) is 4.68 Å². The molecule has 1 aliphatic rings. The highest BCUT2D eigenvalue weighted by Gasteiger charge is 2.31. The summed E-state index contributed by atoms with van der Waals surface area (Å²) in [4.78, 5) is 13.4. The molecule has 118 valence electrons. The molecule has 0 spiro atoms. The van der Waals surface area contributed by atoms with Crippen LogP contribution in [0.15, 0.2) is 0 Å². The number of anilines is 1.